The Morgan fingerprint density at radius 1 is 1.19 bits per heavy atom. The van der Waals surface area contributed by atoms with Crippen LogP contribution in [-0.2, 0) is 25.0 Å². The van der Waals surface area contributed by atoms with Crippen molar-refractivity contribution in [2.75, 3.05) is 5.32 Å². The average molecular weight is 440 g/mol. The molecule has 0 spiro atoms. The zero-order chi connectivity index (χ0) is 22.4. The summed E-state index contributed by atoms with van der Waals surface area (Å²) < 4.78 is 28.5. The van der Waals surface area contributed by atoms with Crippen LogP contribution in [0.2, 0.25) is 0 Å². The van der Waals surface area contributed by atoms with Crippen LogP contribution >= 0.6 is 0 Å². The lowest BCUT2D eigenvalue weighted by Crippen LogP contribution is -2.12. The van der Waals surface area contributed by atoms with Crippen molar-refractivity contribution in [3.05, 3.63) is 65.5 Å². The molecule has 0 bridgehead atoms. The third-order valence-corrected chi connectivity index (χ3v) is 4.35. The molecular formula is C21H20N4O5S. The molecule has 2 heterocycles. The van der Waals surface area contributed by atoms with Gasteiger partial charge in [0, 0.05) is 19.0 Å². The number of aromatic nitrogens is 3. The van der Waals surface area contributed by atoms with Crippen molar-refractivity contribution < 1.29 is 22.4 Å². The number of aryl methyl sites for hydroxylation is 3. The molecule has 2 aromatic heterocycles. The molecule has 0 atom stereocenters. The number of nitrogens with zero attached hydrogens (tertiary/aromatic N) is 3. The second-order valence-electron chi connectivity index (χ2n) is 6.61. The summed E-state index contributed by atoms with van der Waals surface area (Å²) in [6.07, 6.45) is 2.24. The average Bonchev–Trinajstić information content (AvgIpc) is 3.36. The van der Waals surface area contributed by atoms with Crippen LogP contribution in [0.5, 0.6) is 11.5 Å². The van der Waals surface area contributed by atoms with Crippen LogP contribution < -0.4 is 10.1 Å². The van der Waals surface area contributed by atoms with Crippen molar-refractivity contribution in [1.82, 2.24) is 15.0 Å². The molecule has 1 amide bonds. The molecule has 0 aliphatic heterocycles. The lowest BCUT2D eigenvalue weighted by Gasteiger charge is -2.09. The van der Waals surface area contributed by atoms with Gasteiger partial charge in [0.05, 0.1) is 11.6 Å². The van der Waals surface area contributed by atoms with Crippen molar-refractivity contribution in [3.8, 4) is 11.5 Å². The van der Waals surface area contributed by atoms with Crippen LogP contribution in [0.4, 0.5) is 5.82 Å². The standard InChI is InChI=1S/C21H20N4O3.O2S/c1-4-15-11-17-18(27-15)9-14(21(26)23-20-12-22-25(3)24-20)10-19(17)28-16-7-5-13(2)6-8-16;1-3-2/h5-12H,4H2,1-3H3,(H,23,24,26);. The van der Waals surface area contributed by atoms with Crippen molar-refractivity contribution in [2.24, 2.45) is 7.05 Å². The lowest BCUT2D eigenvalue weighted by atomic mass is 10.1. The molecule has 4 rings (SSSR count). The van der Waals surface area contributed by atoms with E-state index in [9.17, 15) is 4.79 Å². The first kappa shape index (κ1) is 21.9. The van der Waals surface area contributed by atoms with Gasteiger partial charge in [-0.25, -0.2) is 0 Å². The Hall–Kier alpha value is -3.79. The first-order chi connectivity index (χ1) is 14.9. The van der Waals surface area contributed by atoms with Gasteiger partial charge in [-0.05, 0) is 37.3 Å². The molecule has 9 nitrogen and oxygen atoms in total. The molecule has 160 valence electrons. The normalized spacial score (nSPS) is 10.3. The number of ether oxygens (including phenoxy) is 1. The number of carbonyl (C=O) groups is 1. The molecule has 0 fully saturated rings. The number of furan rings is 1. The van der Waals surface area contributed by atoms with Crippen LogP contribution in [0.15, 0.2) is 53.1 Å². The molecule has 0 unspecified atom stereocenters. The highest BCUT2D eigenvalue weighted by Gasteiger charge is 2.16. The minimum atomic E-state index is -0.750. The van der Waals surface area contributed by atoms with Gasteiger partial charge in [0.25, 0.3) is 5.91 Å². The number of fused-ring (bicyclic) bond motifs is 1. The molecule has 31 heavy (non-hydrogen) atoms. The third-order valence-electron chi connectivity index (χ3n) is 4.35. The van der Waals surface area contributed by atoms with E-state index in [1.165, 1.54) is 11.0 Å². The maximum absolute atomic E-state index is 12.7. The van der Waals surface area contributed by atoms with E-state index < -0.39 is 11.6 Å². The highest BCUT2D eigenvalue weighted by Crippen LogP contribution is 2.34. The monoisotopic (exact) mass is 440 g/mol. The molecule has 0 radical (unpaired) electrons. The molecule has 2 aromatic carbocycles. The predicted molar refractivity (Wildman–Crippen MR) is 115 cm³/mol. The fourth-order valence-electron chi connectivity index (χ4n) is 2.87. The van der Waals surface area contributed by atoms with E-state index in [1.807, 2.05) is 44.2 Å². The summed E-state index contributed by atoms with van der Waals surface area (Å²) in [5, 5.41) is 11.6. The number of carbonyl (C=O) groups excluding carboxylic acids is 1. The Morgan fingerprint density at radius 2 is 1.90 bits per heavy atom. The lowest BCUT2D eigenvalue weighted by molar-refractivity contribution is 0.102. The summed E-state index contributed by atoms with van der Waals surface area (Å²) >= 11 is -0.750. The largest absolute Gasteiger partial charge is 0.461 e. The van der Waals surface area contributed by atoms with E-state index in [-0.39, 0.29) is 5.91 Å². The summed E-state index contributed by atoms with van der Waals surface area (Å²) in [6.45, 7) is 4.03. The van der Waals surface area contributed by atoms with Gasteiger partial charge in [0.1, 0.15) is 22.8 Å². The molecule has 0 aliphatic rings. The highest BCUT2D eigenvalue weighted by atomic mass is 32.1. The van der Waals surface area contributed by atoms with Gasteiger partial charge in [0.2, 0.25) is 0 Å². The van der Waals surface area contributed by atoms with Crippen LogP contribution in [0.25, 0.3) is 11.0 Å². The number of rotatable bonds is 5. The van der Waals surface area contributed by atoms with Gasteiger partial charge in [-0.2, -0.15) is 18.3 Å². The Bertz CT molecular complexity index is 1240. The van der Waals surface area contributed by atoms with Crippen molar-refractivity contribution in [1.29, 1.82) is 0 Å². The second-order valence-corrected chi connectivity index (χ2v) is 6.75. The Balaban J connectivity index is 0.000000858. The molecule has 1 N–H and O–H groups in total. The number of amides is 1. The number of hydrogen-bond acceptors (Lipinski definition) is 7. The Morgan fingerprint density at radius 3 is 2.52 bits per heavy atom. The molecular weight excluding hydrogens is 420 g/mol. The third kappa shape index (κ3) is 5.43. The van der Waals surface area contributed by atoms with E-state index in [1.54, 1.807) is 19.2 Å². The summed E-state index contributed by atoms with van der Waals surface area (Å²) in [5.74, 6) is 2.15. The van der Waals surface area contributed by atoms with Gasteiger partial charge in [-0.1, -0.05) is 24.6 Å². The maximum atomic E-state index is 12.7. The van der Waals surface area contributed by atoms with Crippen molar-refractivity contribution in [3.63, 3.8) is 0 Å². The summed E-state index contributed by atoms with van der Waals surface area (Å²) in [6, 6.07) is 13.1. The second kappa shape index (κ2) is 9.81. The number of anilines is 1. The van der Waals surface area contributed by atoms with Gasteiger partial charge >= 0.3 is 11.6 Å². The molecule has 10 heteroatoms. The van der Waals surface area contributed by atoms with Crippen LogP contribution in [0.3, 0.4) is 0 Å². The number of hydrogen-bond donors (Lipinski definition) is 1. The van der Waals surface area contributed by atoms with Crippen LogP contribution in [0, 0.1) is 6.92 Å². The minimum absolute atomic E-state index is 0.314. The van der Waals surface area contributed by atoms with Crippen molar-refractivity contribution in [2.45, 2.75) is 20.3 Å². The SMILES string of the molecule is CCc1cc2c(Oc3ccc(C)cc3)cc(C(=O)Nc3cnn(C)n3)cc2o1.O=S=O. The van der Waals surface area contributed by atoms with E-state index >= 15 is 0 Å². The first-order valence-corrected chi connectivity index (χ1v) is 10.0. The predicted octanol–water partition coefficient (Wildman–Crippen LogP) is 3.81. The zero-order valence-corrected chi connectivity index (χ0v) is 17.9. The smallest absolute Gasteiger partial charge is 0.335 e. The number of benzene rings is 2. The Kier molecular flexibility index (Phi) is 6.93. The van der Waals surface area contributed by atoms with Gasteiger partial charge in [-0.3, -0.25) is 4.79 Å². The van der Waals surface area contributed by atoms with Gasteiger partial charge in [-0.15, -0.1) is 5.10 Å². The van der Waals surface area contributed by atoms with Crippen LogP contribution in [-0.4, -0.2) is 29.3 Å². The molecule has 0 saturated carbocycles. The summed E-state index contributed by atoms with van der Waals surface area (Å²) in [4.78, 5) is 14.1. The summed E-state index contributed by atoms with van der Waals surface area (Å²) in [7, 11) is 1.68. The van der Waals surface area contributed by atoms with Gasteiger partial charge in [0.15, 0.2) is 5.82 Å². The van der Waals surface area contributed by atoms with Crippen LogP contribution in [0.1, 0.15) is 28.6 Å². The quantitative estimate of drug-likeness (QED) is 0.502. The van der Waals surface area contributed by atoms with E-state index in [0.29, 0.717) is 28.5 Å². The van der Waals surface area contributed by atoms with E-state index in [4.69, 9.17) is 17.6 Å². The fraction of sp³-hybridized carbons (Fsp3) is 0.190. The number of nitrogens with one attached hydrogen (secondary N) is 1. The zero-order valence-electron chi connectivity index (χ0n) is 17.1. The van der Waals surface area contributed by atoms with Gasteiger partial charge < -0.3 is 14.5 Å². The summed E-state index contributed by atoms with van der Waals surface area (Å²) in [5.41, 5.74) is 2.16. The van der Waals surface area contributed by atoms with E-state index in [0.717, 1.165) is 23.1 Å². The Labute approximate surface area is 181 Å². The minimum Gasteiger partial charge on any atom is -0.461 e. The van der Waals surface area contributed by atoms with E-state index in [2.05, 4.69) is 15.5 Å². The first-order valence-electron chi connectivity index (χ1n) is 9.34. The maximum Gasteiger partial charge on any atom is 0.335 e. The van der Waals surface area contributed by atoms with Crippen molar-refractivity contribution >= 4 is 34.3 Å². The molecule has 4 aromatic rings. The molecule has 0 aliphatic carbocycles. The fourth-order valence-corrected chi connectivity index (χ4v) is 2.87. The highest BCUT2D eigenvalue weighted by molar-refractivity contribution is 7.51. The molecule has 0 saturated heterocycles. The topological polar surface area (TPSA) is 116 Å².